The van der Waals surface area contributed by atoms with E-state index < -0.39 is 0 Å². The molecular formula is C17H16N4O. The van der Waals surface area contributed by atoms with Crippen molar-refractivity contribution >= 4 is 23.2 Å². The van der Waals surface area contributed by atoms with E-state index >= 15 is 0 Å². The molecule has 0 bridgehead atoms. The molecule has 1 N–H and O–H groups in total. The predicted octanol–water partition coefficient (Wildman–Crippen LogP) is 2.50. The number of benzene rings is 2. The minimum Gasteiger partial charge on any atom is -0.321 e. The lowest BCUT2D eigenvalue weighted by Crippen LogP contribution is -2.22. The molecule has 0 fully saturated rings. The van der Waals surface area contributed by atoms with Crippen LogP contribution in [0.3, 0.4) is 0 Å². The highest BCUT2D eigenvalue weighted by Crippen LogP contribution is 2.11. The Kier molecular flexibility index (Phi) is 3.96. The lowest BCUT2D eigenvalue weighted by molar-refractivity contribution is -0.121. The number of para-hydroxylation sites is 2. The van der Waals surface area contributed by atoms with E-state index in [1.165, 1.54) is 5.56 Å². The summed E-state index contributed by atoms with van der Waals surface area (Å²) >= 11 is 0. The van der Waals surface area contributed by atoms with Crippen molar-refractivity contribution in [3.63, 3.8) is 0 Å². The Balaban J connectivity index is 1.62. The van der Waals surface area contributed by atoms with E-state index in [9.17, 15) is 4.79 Å². The molecule has 1 heterocycles. The summed E-state index contributed by atoms with van der Waals surface area (Å²) in [6.07, 6.45) is 3.29. The number of aromatic nitrogens is 2. The number of fused-ring (bicyclic) bond motifs is 1. The van der Waals surface area contributed by atoms with Crippen molar-refractivity contribution in [1.29, 1.82) is 0 Å². The van der Waals surface area contributed by atoms with Crippen molar-refractivity contribution in [1.82, 2.24) is 15.0 Å². The van der Waals surface area contributed by atoms with E-state index in [1.807, 2.05) is 55.5 Å². The van der Waals surface area contributed by atoms with Crippen LogP contribution in [-0.2, 0) is 11.3 Å². The third-order valence-corrected chi connectivity index (χ3v) is 3.32. The van der Waals surface area contributed by atoms with Gasteiger partial charge in [-0.2, -0.15) is 5.10 Å². The SMILES string of the molecule is Cc1ccc(/C=N\NC(=O)Cn2cnc3ccccc32)cc1. The van der Waals surface area contributed by atoms with Crippen LogP contribution in [-0.4, -0.2) is 21.7 Å². The molecule has 0 radical (unpaired) electrons. The van der Waals surface area contributed by atoms with Gasteiger partial charge in [-0.05, 0) is 24.6 Å². The first-order valence-corrected chi connectivity index (χ1v) is 7.01. The van der Waals surface area contributed by atoms with Crippen LogP contribution in [0.2, 0.25) is 0 Å². The van der Waals surface area contributed by atoms with Gasteiger partial charge in [-0.15, -0.1) is 0 Å². The van der Waals surface area contributed by atoms with Crippen LogP contribution in [0.4, 0.5) is 0 Å². The summed E-state index contributed by atoms with van der Waals surface area (Å²) in [5.41, 5.74) is 6.47. The molecule has 0 aliphatic heterocycles. The Bertz CT molecular complexity index is 818. The molecule has 0 saturated heterocycles. The molecule has 1 aromatic heterocycles. The van der Waals surface area contributed by atoms with Crippen LogP contribution < -0.4 is 5.43 Å². The van der Waals surface area contributed by atoms with Crippen molar-refractivity contribution in [3.8, 4) is 0 Å². The quantitative estimate of drug-likeness (QED) is 0.593. The number of aryl methyl sites for hydroxylation is 1. The molecular weight excluding hydrogens is 276 g/mol. The van der Waals surface area contributed by atoms with Crippen molar-refractivity contribution < 1.29 is 4.79 Å². The summed E-state index contributed by atoms with van der Waals surface area (Å²) in [5, 5.41) is 3.97. The van der Waals surface area contributed by atoms with E-state index in [2.05, 4.69) is 15.5 Å². The Morgan fingerprint density at radius 2 is 2.00 bits per heavy atom. The lowest BCUT2D eigenvalue weighted by atomic mass is 10.2. The normalized spacial score (nSPS) is 11.1. The van der Waals surface area contributed by atoms with Gasteiger partial charge in [-0.25, -0.2) is 10.4 Å². The number of imidazole rings is 1. The van der Waals surface area contributed by atoms with Crippen molar-refractivity contribution in [3.05, 3.63) is 66.0 Å². The van der Waals surface area contributed by atoms with Crippen LogP contribution in [0, 0.1) is 6.92 Å². The molecule has 0 aliphatic carbocycles. The highest BCUT2D eigenvalue weighted by molar-refractivity contribution is 5.83. The van der Waals surface area contributed by atoms with Gasteiger partial charge in [0.15, 0.2) is 0 Å². The molecule has 3 aromatic rings. The monoisotopic (exact) mass is 292 g/mol. The fraction of sp³-hybridized carbons (Fsp3) is 0.118. The maximum atomic E-state index is 11.9. The van der Waals surface area contributed by atoms with Crippen molar-refractivity contribution in [2.45, 2.75) is 13.5 Å². The molecule has 0 atom stereocenters. The van der Waals surface area contributed by atoms with Crippen molar-refractivity contribution in [2.75, 3.05) is 0 Å². The van der Waals surface area contributed by atoms with E-state index in [1.54, 1.807) is 17.1 Å². The second-order valence-electron chi connectivity index (χ2n) is 5.07. The Morgan fingerprint density at radius 1 is 1.23 bits per heavy atom. The Hall–Kier alpha value is -2.95. The first-order chi connectivity index (χ1) is 10.7. The number of carbonyl (C=O) groups is 1. The molecule has 22 heavy (non-hydrogen) atoms. The van der Waals surface area contributed by atoms with E-state index in [0.29, 0.717) is 0 Å². The summed E-state index contributed by atoms with van der Waals surface area (Å²) in [5.74, 6) is -0.188. The Morgan fingerprint density at radius 3 is 2.82 bits per heavy atom. The maximum absolute atomic E-state index is 11.9. The lowest BCUT2D eigenvalue weighted by Gasteiger charge is -2.02. The molecule has 0 spiro atoms. The molecule has 5 nitrogen and oxygen atoms in total. The number of carbonyl (C=O) groups excluding carboxylic acids is 1. The van der Waals surface area contributed by atoms with E-state index in [-0.39, 0.29) is 12.5 Å². The molecule has 5 heteroatoms. The summed E-state index contributed by atoms with van der Waals surface area (Å²) in [6.45, 7) is 2.21. The van der Waals surface area contributed by atoms with Crippen molar-refractivity contribution in [2.24, 2.45) is 5.10 Å². The zero-order valence-corrected chi connectivity index (χ0v) is 12.2. The number of nitrogens with one attached hydrogen (secondary N) is 1. The molecule has 0 unspecified atom stereocenters. The minimum absolute atomic E-state index is 0.186. The second-order valence-corrected chi connectivity index (χ2v) is 5.07. The highest BCUT2D eigenvalue weighted by atomic mass is 16.2. The topological polar surface area (TPSA) is 59.3 Å². The summed E-state index contributed by atoms with van der Waals surface area (Å²) in [4.78, 5) is 16.2. The summed E-state index contributed by atoms with van der Waals surface area (Å²) < 4.78 is 1.80. The van der Waals surface area contributed by atoms with Gasteiger partial charge in [0.2, 0.25) is 0 Å². The number of hydrogen-bond acceptors (Lipinski definition) is 3. The van der Waals surface area contributed by atoms with Crippen LogP contribution in [0.25, 0.3) is 11.0 Å². The zero-order valence-electron chi connectivity index (χ0n) is 12.2. The zero-order chi connectivity index (χ0) is 15.4. The van der Waals surface area contributed by atoms with Crippen LogP contribution in [0.1, 0.15) is 11.1 Å². The first-order valence-electron chi connectivity index (χ1n) is 7.01. The van der Waals surface area contributed by atoms with Gasteiger partial charge < -0.3 is 4.57 Å². The number of hydrogen-bond donors (Lipinski definition) is 1. The maximum Gasteiger partial charge on any atom is 0.260 e. The molecule has 1 amide bonds. The molecule has 0 saturated carbocycles. The average Bonchev–Trinajstić information content (AvgIpc) is 2.93. The van der Waals surface area contributed by atoms with E-state index in [4.69, 9.17) is 0 Å². The summed E-state index contributed by atoms with van der Waals surface area (Å²) in [6, 6.07) is 15.6. The largest absolute Gasteiger partial charge is 0.321 e. The number of amides is 1. The standard InChI is InChI=1S/C17H16N4O/c1-13-6-8-14(9-7-13)10-19-20-17(22)11-21-12-18-15-4-2-3-5-16(15)21/h2-10,12H,11H2,1H3,(H,20,22)/b19-10-. The number of nitrogens with zero attached hydrogens (tertiary/aromatic N) is 3. The fourth-order valence-electron chi connectivity index (χ4n) is 2.16. The molecule has 110 valence electrons. The first kappa shape index (κ1) is 14.0. The summed E-state index contributed by atoms with van der Waals surface area (Å²) in [7, 11) is 0. The smallest absolute Gasteiger partial charge is 0.260 e. The van der Waals surface area contributed by atoms with Crippen LogP contribution in [0.5, 0.6) is 0 Å². The van der Waals surface area contributed by atoms with Gasteiger partial charge in [-0.3, -0.25) is 4.79 Å². The fourth-order valence-corrected chi connectivity index (χ4v) is 2.16. The van der Waals surface area contributed by atoms with Gasteiger partial charge in [0.25, 0.3) is 5.91 Å². The van der Waals surface area contributed by atoms with Gasteiger partial charge >= 0.3 is 0 Å². The van der Waals surface area contributed by atoms with Gasteiger partial charge in [-0.1, -0.05) is 42.0 Å². The minimum atomic E-state index is -0.188. The van der Waals surface area contributed by atoms with Gasteiger partial charge in [0, 0.05) is 0 Å². The number of hydrazone groups is 1. The Labute approximate surface area is 128 Å². The predicted molar refractivity (Wildman–Crippen MR) is 86.6 cm³/mol. The molecule has 3 rings (SSSR count). The highest BCUT2D eigenvalue weighted by Gasteiger charge is 2.05. The van der Waals surface area contributed by atoms with Gasteiger partial charge in [0.05, 0.1) is 23.6 Å². The third-order valence-electron chi connectivity index (χ3n) is 3.32. The van der Waals surface area contributed by atoms with Crippen LogP contribution >= 0.6 is 0 Å². The van der Waals surface area contributed by atoms with Gasteiger partial charge in [0.1, 0.15) is 6.54 Å². The second kappa shape index (κ2) is 6.22. The average molecular weight is 292 g/mol. The third kappa shape index (κ3) is 3.20. The molecule has 2 aromatic carbocycles. The number of rotatable bonds is 4. The molecule has 0 aliphatic rings. The van der Waals surface area contributed by atoms with Crippen LogP contribution in [0.15, 0.2) is 60.0 Å². The van der Waals surface area contributed by atoms with E-state index in [0.717, 1.165) is 16.6 Å².